The summed E-state index contributed by atoms with van der Waals surface area (Å²) in [5.41, 5.74) is 3.44. The van der Waals surface area contributed by atoms with E-state index in [1.165, 1.54) is 0 Å². The third kappa shape index (κ3) is 5.30. The van der Waals surface area contributed by atoms with Crippen molar-refractivity contribution in [3.05, 3.63) is 0 Å². The lowest BCUT2D eigenvalue weighted by atomic mass is 10.3. The van der Waals surface area contributed by atoms with Gasteiger partial charge < -0.3 is 4.84 Å². The number of carbonyl (C=O) groups excluding carboxylic acids is 1. The summed E-state index contributed by atoms with van der Waals surface area (Å²) in [5, 5.41) is 0. The van der Waals surface area contributed by atoms with Crippen LogP contribution in [0.1, 0.15) is 26.7 Å². The van der Waals surface area contributed by atoms with E-state index < -0.39 is 0 Å². The van der Waals surface area contributed by atoms with Gasteiger partial charge in [-0.2, -0.15) is 0 Å². The predicted molar refractivity (Wildman–Crippen MR) is 33.7 cm³/mol. The maximum absolute atomic E-state index is 10.5. The zero-order valence-electron chi connectivity index (χ0n) is 5.89. The molecule has 0 saturated carbocycles. The molecular weight excluding hydrogens is 118 g/mol. The van der Waals surface area contributed by atoms with E-state index in [-0.39, 0.29) is 5.97 Å². The van der Waals surface area contributed by atoms with E-state index in [0.29, 0.717) is 13.0 Å². The Morgan fingerprint density at radius 2 is 2.22 bits per heavy atom. The maximum atomic E-state index is 10.5. The minimum atomic E-state index is -0.237. The summed E-state index contributed by atoms with van der Waals surface area (Å²) in [5.74, 6) is -0.237. The molecule has 53 valence electrons. The first-order chi connectivity index (χ1) is 4.31. The molecule has 3 heteroatoms. The van der Waals surface area contributed by atoms with Crippen molar-refractivity contribution in [3.8, 4) is 0 Å². The van der Waals surface area contributed by atoms with Gasteiger partial charge in [0, 0.05) is 6.42 Å². The van der Waals surface area contributed by atoms with Gasteiger partial charge in [0.1, 0.15) is 0 Å². The minimum absolute atomic E-state index is 0.237. The van der Waals surface area contributed by atoms with Gasteiger partial charge >= 0.3 is 5.97 Å². The third-order valence-corrected chi connectivity index (χ3v) is 0.750. The highest BCUT2D eigenvalue weighted by atomic mass is 16.7. The molecule has 0 heterocycles. The van der Waals surface area contributed by atoms with E-state index in [2.05, 4.69) is 10.3 Å². The zero-order valence-corrected chi connectivity index (χ0v) is 5.89. The first-order valence-corrected chi connectivity index (χ1v) is 3.17. The van der Waals surface area contributed by atoms with Crippen molar-refractivity contribution >= 4 is 5.97 Å². The normalized spacial score (nSPS) is 9.11. The van der Waals surface area contributed by atoms with E-state index in [9.17, 15) is 4.79 Å². The van der Waals surface area contributed by atoms with Crippen LogP contribution in [-0.2, 0) is 9.63 Å². The molecule has 0 bridgehead atoms. The van der Waals surface area contributed by atoms with Gasteiger partial charge in [0.25, 0.3) is 0 Å². The van der Waals surface area contributed by atoms with Gasteiger partial charge in [-0.3, -0.25) is 4.79 Å². The molecule has 0 atom stereocenters. The monoisotopic (exact) mass is 130 g/mol. The Morgan fingerprint density at radius 1 is 1.56 bits per heavy atom. The second kappa shape index (κ2) is 5.56. The van der Waals surface area contributed by atoms with Crippen molar-refractivity contribution in [2.45, 2.75) is 26.7 Å². The average Bonchev–Trinajstić information content (AvgIpc) is 1.85. The van der Waals surface area contributed by atoms with Gasteiger partial charge in [-0.15, -0.1) is 0 Å². The lowest BCUT2D eigenvalue weighted by Crippen LogP contribution is -2.12. The second-order valence-electron chi connectivity index (χ2n) is 1.66. The van der Waals surface area contributed by atoms with Crippen LogP contribution in [0.5, 0.6) is 0 Å². The molecule has 0 aromatic carbocycles. The molecular formula is C6H12NO2. The molecule has 0 fully saturated rings. The van der Waals surface area contributed by atoms with Crippen LogP contribution in [0.15, 0.2) is 0 Å². The Kier molecular flexibility index (Phi) is 5.21. The van der Waals surface area contributed by atoms with Crippen LogP contribution >= 0.6 is 0 Å². The molecule has 1 radical (unpaired) electrons. The Labute approximate surface area is 55.3 Å². The number of hydroxylamine groups is 1. The summed E-state index contributed by atoms with van der Waals surface area (Å²) < 4.78 is 0. The fourth-order valence-corrected chi connectivity index (χ4v) is 0.386. The molecule has 0 unspecified atom stereocenters. The molecule has 0 aliphatic heterocycles. The van der Waals surface area contributed by atoms with Crippen LogP contribution in [0.2, 0.25) is 0 Å². The minimum Gasteiger partial charge on any atom is -0.350 e. The number of rotatable bonds is 4. The molecule has 0 N–H and O–H groups in total. The fourth-order valence-electron chi connectivity index (χ4n) is 0.386. The van der Waals surface area contributed by atoms with E-state index in [1.54, 1.807) is 0 Å². The lowest BCUT2D eigenvalue weighted by Gasteiger charge is -1.96. The molecule has 0 aromatic rings. The number of hydrogen-bond acceptors (Lipinski definition) is 2. The smallest absolute Gasteiger partial charge is 0.327 e. The number of carbonyl (C=O) groups is 1. The third-order valence-electron chi connectivity index (χ3n) is 0.750. The van der Waals surface area contributed by atoms with E-state index >= 15 is 0 Å². The first kappa shape index (κ1) is 8.43. The van der Waals surface area contributed by atoms with Crippen molar-refractivity contribution in [1.82, 2.24) is 5.48 Å². The van der Waals surface area contributed by atoms with Gasteiger partial charge in [-0.05, 0) is 18.8 Å². The van der Waals surface area contributed by atoms with Crippen molar-refractivity contribution in [1.29, 1.82) is 0 Å². The highest BCUT2D eigenvalue weighted by Gasteiger charge is 1.98. The molecule has 0 aliphatic rings. The second-order valence-corrected chi connectivity index (χ2v) is 1.66. The molecule has 9 heavy (non-hydrogen) atoms. The fraction of sp³-hybridized carbons (Fsp3) is 0.833. The Balaban J connectivity index is 3.06. The van der Waals surface area contributed by atoms with E-state index in [1.807, 2.05) is 13.8 Å². The zero-order chi connectivity index (χ0) is 7.11. The first-order valence-electron chi connectivity index (χ1n) is 3.17. The quantitative estimate of drug-likeness (QED) is 0.530. The van der Waals surface area contributed by atoms with Gasteiger partial charge in [-0.25, -0.2) is 0 Å². The predicted octanol–water partition coefficient (Wildman–Crippen LogP) is 0.869. The molecule has 0 aromatic heterocycles. The summed E-state index contributed by atoms with van der Waals surface area (Å²) in [4.78, 5) is 14.9. The molecule has 3 nitrogen and oxygen atoms in total. The Hall–Kier alpha value is -0.570. The molecule has 0 aliphatic carbocycles. The summed E-state index contributed by atoms with van der Waals surface area (Å²) in [6.45, 7) is 4.28. The highest BCUT2D eigenvalue weighted by molar-refractivity contribution is 5.68. The molecule has 0 amide bonds. The maximum Gasteiger partial charge on any atom is 0.327 e. The van der Waals surface area contributed by atoms with Gasteiger partial charge in [0.15, 0.2) is 0 Å². The summed E-state index contributed by atoms with van der Waals surface area (Å²) in [7, 11) is 0. The van der Waals surface area contributed by atoms with Crippen molar-refractivity contribution < 1.29 is 9.63 Å². The Morgan fingerprint density at radius 3 is 2.67 bits per heavy atom. The van der Waals surface area contributed by atoms with Crippen LogP contribution in [0.4, 0.5) is 0 Å². The summed E-state index contributed by atoms with van der Waals surface area (Å²) >= 11 is 0. The molecule has 0 rings (SSSR count). The molecule has 0 spiro atoms. The number of hydrogen-bond donors (Lipinski definition) is 0. The largest absolute Gasteiger partial charge is 0.350 e. The van der Waals surface area contributed by atoms with Gasteiger partial charge in [-0.1, -0.05) is 6.92 Å². The van der Waals surface area contributed by atoms with Crippen molar-refractivity contribution in [2.24, 2.45) is 0 Å². The summed E-state index contributed by atoms with van der Waals surface area (Å²) in [6.07, 6.45) is 1.28. The van der Waals surface area contributed by atoms with Crippen LogP contribution in [0.3, 0.4) is 0 Å². The van der Waals surface area contributed by atoms with E-state index in [0.717, 1.165) is 6.42 Å². The Bertz CT molecular complexity index is 83.1. The average molecular weight is 130 g/mol. The van der Waals surface area contributed by atoms with Gasteiger partial charge in [0.05, 0.1) is 6.54 Å². The lowest BCUT2D eigenvalue weighted by molar-refractivity contribution is -0.151. The van der Waals surface area contributed by atoms with Crippen LogP contribution in [0.25, 0.3) is 0 Å². The van der Waals surface area contributed by atoms with Crippen LogP contribution < -0.4 is 5.48 Å². The van der Waals surface area contributed by atoms with Crippen LogP contribution in [0, 0.1) is 0 Å². The topological polar surface area (TPSA) is 40.4 Å². The van der Waals surface area contributed by atoms with E-state index in [4.69, 9.17) is 0 Å². The van der Waals surface area contributed by atoms with Crippen molar-refractivity contribution in [3.63, 3.8) is 0 Å². The van der Waals surface area contributed by atoms with Crippen molar-refractivity contribution in [2.75, 3.05) is 6.54 Å². The highest BCUT2D eigenvalue weighted by Crippen LogP contribution is 1.88. The standard InChI is InChI=1S/C6H12NO2/c1-3-5-6(8)9-7-4-2/h3-5H2,1-2H3. The molecule has 0 saturated heterocycles. The van der Waals surface area contributed by atoms with Crippen LogP contribution in [-0.4, -0.2) is 12.5 Å². The SMILES string of the molecule is CCCC(=O)O[N]CC. The van der Waals surface area contributed by atoms with Gasteiger partial charge in [0.2, 0.25) is 0 Å². The number of nitrogens with zero attached hydrogens (tertiary/aromatic N) is 1. The summed E-state index contributed by atoms with van der Waals surface area (Å²) in [6, 6.07) is 0.